The minimum absolute atomic E-state index is 0.0288. The summed E-state index contributed by atoms with van der Waals surface area (Å²) in [6.45, 7) is 8.62. The van der Waals surface area contributed by atoms with Crippen molar-refractivity contribution in [2.24, 2.45) is 0 Å². The van der Waals surface area contributed by atoms with Crippen LogP contribution in [-0.4, -0.2) is 87.8 Å². The third-order valence-electron chi connectivity index (χ3n) is 7.57. The van der Waals surface area contributed by atoms with Crippen molar-refractivity contribution in [1.82, 2.24) is 28.7 Å². The quantitative estimate of drug-likeness (QED) is 0.344. The highest BCUT2D eigenvalue weighted by Gasteiger charge is 2.30. The smallest absolute Gasteiger partial charge is 0.302 e. The highest BCUT2D eigenvalue weighted by atomic mass is 32.2. The van der Waals surface area contributed by atoms with E-state index in [1.165, 1.54) is 32.2 Å². The number of anilines is 1. The van der Waals surface area contributed by atoms with Crippen molar-refractivity contribution in [2.45, 2.75) is 19.4 Å². The minimum atomic E-state index is -3.50. The Hall–Kier alpha value is -3.75. The van der Waals surface area contributed by atoms with Crippen molar-refractivity contribution >= 4 is 32.8 Å². The molecule has 2 saturated heterocycles. The summed E-state index contributed by atoms with van der Waals surface area (Å²) in [4.78, 5) is 27.3. The van der Waals surface area contributed by atoms with Crippen LogP contribution in [0.4, 0.5) is 10.1 Å². The van der Waals surface area contributed by atoms with Gasteiger partial charge < -0.3 is 19.5 Å². The fourth-order valence-corrected chi connectivity index (χ4v) is 7.79. The molecule has 0 saturated carbocycles. The lowest BCUT2D eigenvalue weighted by molar-refractivity contribution is 0.181. The molecule has 3 aromatic heterocycles. The Bertz CT molecular complexity index is 1810. The van der Waals surface area contributed by atoms with Gasteiger partial charge in [-0.15, -0.1) is 11.3 Å². The second kappa shape index (κ2) is 10.6. The summed E-state index contributed by atoms with van der Waals surface area (Å²) in [7, 11) is -1.41. The van der Waals surface area contributed by atoms with Crippen molar-refractivity contribution in [3.8, 4) is 16.5 Å². The van der Waals surface area contributed by atoms with Crippen molar-refractivity contribution in [2.75, 3.05) is 49.8 Å². The molecule has 41 heavy (non-hydrogen) atoms. The van der Waals surface area contributed by atoms with E-state index in [9.17, 15) is 22.7 Å². The van der Waals surface area contributed by atoms with Crippen LogP contribution >= 0.6 is 11.3 Å². The van der Waals surface area contributed by atoms with Crippen molar-refractivity contribution in [3.05, 3.63) is 75.7 Å². The summed E-state index contributed by atoms with van der Waals surface area (Å²) in [6, 6.07) is 4.12. The van der Waals surface area contributed by atoms with Crippen LogP contribution in [0, 0.1) is 5.82 Å². The average molecular weight is 600 g/mol. The summed E-state index contributed by atoms with van der Waals surface area (Å²) in [5.41, 5.74) is 1.32. The van der Waals surface area contributed by atoms with E-state index in [2.05, 4.69) is 33.4 Å². The van der Waals surface area contributed by atoms with E-state index in [0.29, 0.717) is 48.0 Å². The Morgan fingerprint density at radius 3 is 2.68 bits per heavy atom. The predicted molar refractivity (Wildman–Crippen MR) is 155 cm³/mol. The lowest BCUT2D eigenvalue weighted by Crippen LogP contribution is -2.44. The van der Waals surface area contributed by atoms with Gasteiger partial charge in [-0.25, -0.2) is 27.2 Å². The Morgan fingerprint density at radius 1 is 1.17 bits per heavy atom. The fraction of sp³-hybridized carbons (Fsp3) is 0.370. The topological polar surface area (TPSA) is 116 Å². The highest BCUT2D eigenvalue weighted by molar-refractivity contribution is 7.93. The van der Waals surface area contributed by atoms with Crippen LogP contribution in [0.1, 0.15) is 16.9 Å². The van der Waals surface area contributed by atoms with Crippen LogP contribution in [0.3, 0.4) is 0 Å². The Morgan fingerprint density at radius 2 is 1.95 bits per heavy atom. The number of allylic oxidation sites excluding steroid dienone is 1. The summed E-state index contributed by atoms with van der Waals surface area (Å²) < 4.78 is 43.6. The molecule has 0 radical (unpaired) electrons. The molecule has 5 heterocycles. The standard InChI is InChI=1S/C27H30FN7O4S2/c1-18(32-9-7-31(2)8-10-32)17-33-11-12-34-26(37)24(36)23(30-27(33)34)25-29-16-21(40-25)14-19-4-5-20(28)15-22(19)35-6-3-13-41(35,38)39/h4-5,11-12,15-16,36H,1,3,6-10,13-14,17H2,2H3. The van der Waals surface area contributed by atoms with Gasteiger partial charge in [0.2, 0.25) is 21.6 Å². The number of nitrogens with zero attached hydrogens (tertiary/aromatic N) is 7. The molecule has 2 aliphatic heterocycles. The van der Waals surface area contributed by atoms with E-state index >= 15 is 0 Å². The van der Waals surface area contributed by atoms with Gasteiger partial charge in [-0.3, -0.25) is 9.10 Å². The van der Waals surface area contributed by atoms with E-state index in [0.717, 1.165) is 36.8 Å². The van der Waals surface area contributed by atoms with Crippen LogP contribution in [-0.2, 0) is 23.0 Å². The number of rotatable bonds is 7. The monoisotopic (exact) mass is 599 g/mol. The molecule has 0 spiro atoms. The zero-order chi connectivity index (χ0) is 28.9. The Labute approximate surface area is 240 Å². The molecule has 4 aromatic rings. The largest absolute Gasteiger partial charge is 0.501 e. The summed E-state index contributed by atoms with van der Waals surface area (Å²) in [5, 5.41) is 11.1. The molecule has 6 rings (SSSR count). The first-order chi connectivity index (χ1) is 19.6. The molecule has 1 aromatic carbocycles. The van der Waals surface area contributed by atoms with Gasteiger partial charge in [0, 0.05) is 68.3 Å². The van der Waals surface area contributed by atoms with Gasteiger partial charge in [-0.05, 0) is 31.2 Å². The normalized spacial score (nSPS) is 17.5. The number of halogens is 1. The fourth-order valence-electron chi connectivity index (χ4n) is 5.27. The molecule has 0 amide bonds. The van der Waals surface area contributed by atoms with E-state index < -0.39 is 27.1 Å². The SMILES string of the molecule is C=C(Cn1ccn2c(=O)c(O)c(-c3ncc(Cc4ccc(F)cc4N4CCCS4(=O)=O)s3)nc12)N1CCN(C)CC1. The van der Waals surface area contributed by atoms with Crippen LogP contribution < -0.4 is 9.86 Å². The summed E-state index contributed by atoms with van der Waals surface area (Å²) >= 11 is 1.23. The van der Waals surface area contributed by atoms with Gasteiger partial charge in [-0.1, -0.05) is 12.6 Å². The maximum atomic E-state index is 14.1. The van der Waals surface area contributed by atoms with Crippen molar-refractivity contribution in [1.29, 1.82) is 0 Å². The van der Waals surface area contributed by atoms with Crippen LogP contribution in [0.5, 0.6) is 5.75 Å². The van der Waals surface area contributed by atoms with Crippen molar-refractivity contribution in [3.63, 3.8) is 0 Å². The van der Waals surface area contributed by atoms with Gasteiger partial charge in [0.1, 0.15) is 10.8 Å². The number of benzene rings is 1. The van der Waals surface area contributed by atoms with Gasteiger partial charge in [0.25, 0.3) is 0 Å². The van der Waals surface area contributed by atoms with Crippen LogP contribution in [0.15, 0.2) is 53.9 Å². The molecular weight excluding hydrogens is 569 g/mol. The molecule has 14 heteroatoms. The van der Waals surface area contributed by atoms with Crippen molar-refractivity contribution < 1.29 is 17.9 Å². The number of aromatic nitrogens is 4. The number of imidazole rings is 1. The summed E-state index contributed by atoms with van der Waals surface area (Å²) in [6.07, 6.45) is 5.69. The number of fused-ring (bicyclic) bond motifs is 1. The maximum Gasteiger partial charge on any atom is 0.302 e. The van der Waals surface area contributed by atoms with E-state index in [-0.39, 0.29) is 11.4 Å². The zero-order valence-corrected chi connectivity index (χ0v) is 24.2. The molecule has 2 fully saturated rings. The maximum absolute atomic E-state index is 14.1. The predicted octanol–water partition coefficient (Wildman–Crippen LogP) is 2.36. The highest BCUT2D eigenvalue weighted by Crippen LogP contribution is 2.34. The Balaban J connectivity index is 1.29. The number of likely N-dealkylation sites (N-methyl/N-ethyl adjacent to an activating group) is 1. The lowest BCUT2D eigenvalue weighted by atomic mass is 10.1. The van der Waals surface area contributed by atoms with Gasteiger partial charge >= 0.3 is 5.56 Å². The third kappa shape index (κ3) is 5.22. The van der Waals surface area contributed by atoms with E-state index in [1.807, 2.05) is 4.57 Å². The molecule has 0 atom stereocenters. The van der Waals surface area contributed by atoms with Gasteiger partial charge in [-0.2, -0.15) is 0 Å². The molecule has 11 nitrogen and oxygen atoms in total. The van der Waals surface area contributed by atoms with Crippen LogP contribution in [0.25, 0.3) is 16.5 Å². The van der Waals surface area contributed by atoms with Gasteiger partial charge in [0.05, 0.1) is 18.0 Å². The molecular formula is C27H30FN7O4S2. The number of aromatic hydroxyl groups is 1. The Kier molecular flexibility index (Phi) is 7.08. The first kappa shape index (κ1) is 27.4. The molecule has 0 aliphatic carbocycles. The third-order valence-corrected chi connectivity index (χ3v) is 10.4. The van der Waals surface area contributed by atoms with Gasteiger partial charge in [0.15, 0.2) is 5.69 Å². The number of hydrogen-bond donors (Lipinski definition) is 1. The number of thiazole rings is 1. The summed E-state index contributed by atoms with van der Waals surface area (Å²) in [5.74, 6) is -0.641. The zero-order valence-electron chi connectivity index (χ0n) is 22.5. The number of hydrogen-bond acceptors (Lipinski definition) is 9. The molecule has 2 aliphatic rings. The second-order valence-corrected chi connectivity index (χ2v) is 13.5. The van der Waals surface area contributed by atoms with Crippen LogP contribution in [0.2, 0.25) is 0 Å². The second-order valence-electron chi connectivity index (χ2n) is 10.4. The molecule has 216 valence electrons. The number of sulfonamides is 1. The average Bonchev–Trinajstić information content (AvgIpc) is 3.66. The minimum Gasteiger partial charge on any atom is -0.501 e. The van der Waals surface area contributed by atoms with E-state index in [4.69, 9.17) is 0 Å². The number of piperazine rings is 1. The molecule has 1 N–H and O–H groups in total. The molecule has 0 bridgehead atoms. The molecule has 0 unspecified atom stereocenters. The lowest BCUT2D eigenvalue weighted by Gasteiger charge is -2.35. The first-order valence-corrected chi connectivity index (χ1v) is 15.7. The first-order valence-electron chi connectivity index (χ1n) is 13.3. The van der Waals surface area contributed by atoms with E-state index in [1.54, 1.807) is 24.7 Å².